The zero-order valence-corrected chi connectivity index (χ0v) is 11.8. The van der Waals surface area contributed by atoms with Crippen LogP contribution in [0.15, 0.2) is 36.7 Å². The number of aryl methyl sites for hydroxylation is 1. The van der Waals surface area contributed by atoms with Gasteiger partial charge in [0.25, 0.3) is 0 Å². The molecule has 1 aromatic carbocycles. The SMILES string of the molecule is CCNC(c1ccc(OC)cc1)c1nccn1CC. The van der Waals surface area contributed by atoms with Crippen molar-refractivity contribution in [3.05, 3.63) is 48.0 Å². The molecule has 19 heavy (non-hydrogen) atoms. The fourth-order valence-corrected chi connectivity index (χ4v) is 2.21. The molecule has 0 amide bonds. The summed E-state index contributed by atoms with van der Waals surface area (Å²) in [4.78, 5) is 4.49. The predicted molar refractivity (Wildman–Crippen MR) is 76.4 cm³/mol. The number of rotatable bonds is 6. The van der Waals surface area contributed by atoms with Crippen molar-refractivity contribution in [2.75, 3.05) is 13.7 Å². The molecule has 0 radical (unpaired) electrons. The molecule has 0 aliphatic rings. The van der Waals surface area contributed by atoms with Crippen molar-refractivity contribution in [1.82, 2.24) is 14.9 Å². The molecule has 0 aliphatic heterocycles. The molecule has 0 saturated heterocycles. The fourth-order valence-electron chi connectivity index (χ4n) is 2.21. The summed E-state index contributed by atoms with van der Waals surface area (Å²) in [5, 5.41) is 3.49. The summed E-state index contributed by atoms with van der Waals surface area (Å²) >= 11 is 0. The van der Waals surface area contributed by atoms with E-state index in [-0.39, 0.29) is 6.04 Å². The van der Waals surface area contributed by atoms with Crippen molar-refractivity contribution in [2.24, 2.45) is 0 Å². The van der Waals surface area contributed by atoms with Crippen LogP contribution in [0.4, 0.5) is 0 Å². The van der Waals surface area contributed by atoms with Crippen molar-refractivity contribution in [2.45, 2.75) is 26.4 Å². The van der Waals surface area contributed by atoms with E-state index in [0.29, 0.717) is 0 Å². The predicted octanol–water partition coefficient (Wildman–Crippen LogP) is 2.61. The summed E-state index contributed by atoms with van der Waals surface area (Å²) in [6.07, 6.45) is 3.87. The first-order valence-corrected chi connectivity index (χ1v) is 6.68. The van der Waals surface area contributed by atoms with E-state index in [9.17, 15) is 0 Å². The van der Waals surface area contributed by atoms with Crippen molar-refractivity contribution in [3.63, 3.8) is 0 Å². The molecule has 0 spiro atoms. The Morgan fingerprint density at radius 3 is 2.58 bits per heavy atom. The lowest BCUT2D eigenvalue weighted by Gasteiger charge is -2.19. The molecule has 1 atom stereocenters. The average Bonchev–Trinajstić information content (AvgIpc) is 2.93. The van der Waals surface area contributed by atoms with Gasteiger partial charge in [-0.05, 0) is 31.2 Å². The van der Waals surface area contributed by atoms with Crippen LogP contribution < -0.4 is 10.1 Å². The maximum absolute atomic E-state index is 5.20. The summed E-state index contributed by atoms with van der Waals surface area (Å²) in [5.74, 6) is 1.92. The van der Waals surface area contributed by atoms with Crippen LogP contribution in [0.25, 0.3) is 0 Å². The van der Waals surface area contributed by atoms with Crippen molar-refractivity contribution >= 4 is 0 Å². The van der Waals surface area contributed by atoms with E-state index in [0.717, 1.165) is 24.7 Å². The molecule has 2 aromatic rings. The number of hydrogen-bond acceptors (Lipinski definition) is 3. The third-order valence-corrected chi connectivity index (χ3v) is 3.20. The minimum atomic E-state index is 0.117. The van der Waals surface area contributed by atoms with Crippen LogP contribution in [-0.4, -0.2) is 23.2 Å². The third kappa shape index (κ3) is 2.96. The molecule has 102 valence electrons. The molecule has 4 heteroatoms. The van der Waals surface area contributed by atoms with Gasteiger partial charge < -0.3 is 14.6 Å². The number of imidazole rings is 1. The molecule has 1 heterocycles. The highest BCUT2D eigenvalue weighted by atomic mass is 16.5. The van der Waals surface area contributed by atoms with Gasteiger partial charge in [-0.3, -0.25) is 0 Å². The molecule has 1 unspecified atom stereocenters. The molecule has 0 saturated carbocycles. The number of nitrogens with one attached hydrogen (secondary N) is 1. The molecule has 1 aromatic heterocycles. The van der Waals surface area contributed by atoms with Gasteiger partial charge in [0.2, 0.25) is 0 Å². The zero-order chi connectivity index (χ0) is 13.7. The quantitative estimate of drug-likeness (QED) is 0.866. The summed E-state index contributed by atoms with van der Waals surface area (Å²) in [6, 6.07) is 8.25. The number of aromatic nitrogens is 2. The topological polar surface area (TPSA) is 39.1 Å². The lowest BCUT2D eigenvalue weighted by atomic mass is 10.1. The van der Waals surface area contributed by atoms with Crippen LogP contribution in [0, 0.1) is 0 Å². The highest BCUT2D eigenvalue weighted by Gasteiger charge is 2.17. The Morgan fingerprint density at radius 1 is 1.26 bits per heavy atom. The second kappa shape index (κ2) is 6.38. The Morgan fingerprint density at radius 2 is 2.00 bits per heavy atom. The first kappa shape index (κ1) is 13.6. The van der Waals surface area contributed by atoms with Gasteiger partial charge in [0.15, 0.2) is 0 Å². The molecule has 0 fully saturated rings. The number of benzene rings is 1. The molecule has 4 nitrogen and oxygen atoms in total. The highest BCUT2D eigenvalue weighted by molar-refractivity contribution is 5.32. The normalized spacial score (nSPS) is 12.4. The molecule has 2 rings (SSSR count). The number of ether oxygens (including phenoxy) is 1. The smallest absolute Gasteiger partial charge is 0.130 e. The second-order valence-corrected chi connectivity index (χ2v) is 4.34. The van der Waals surface area contributed by atoms with Gasteiger partial charge >= 0.3 is 0 Å². The molecule has 1 N–H and O–H groups in total. The van der Waals surface area contributed by atoms with Gasteiger partial charge in [0.1, 0.15) is 11.6 Å². The second-order valence-electron chi connectivity index (χ2n) is 4.34. The average molecular weight is 259 g/mol. The van der Waals surface area contributed by atoms with Crippen molar-refractivity contribution in [1.29, 1.82) is 0 Å². The van der Waals surface area contributed by atoms with Gasteiger partial charge in [0.05, 0.1) is 13.2 Å². The maximum atomic E-state index is 5.20. The van der Waals surface area contributed by atoms with Crippen LogP contribution in [0.3, 0.4) is 0 Å². The molecular weight excluding hydrogens is 238 g/mol. The van der Waals surface area contributed by atoms with E-state index >= 15 is 0 Å². The number of nitrogens with zero attached hydrogens (tertiary/aromatic N) is 2. The number of hydrogen-bond donors (Lipinski definition) is 1. The Hall–Kier alpha value is -1.81. The van der Waals surface area contributed by atoms with E-state index in [4.69, 9.17) is 4.74 Å². The summed E-state index contributed by atoms with van der Waals surface area (Å²) in [6.45, 7) is 6.05. The first-order chi connectivity index (χ1) is 9.30. The third-order valence-electron chi connectivity index (χ3n) is 3.20. The number of methoxy groups -OCH3 is 1. The maximum Gasteiger partial charge on any atom is 0.130 e. The standard InChI is InChI=1S/C15H21N3O/c1-4-16-14(15-17-10-11-18(15)5-2)12-6-8-13(19-3)9-7-12/h6-11,14,16H,4-5H2,1-3H3. The van der Waals surface area contributed by atoms with Crippen LogP contribution in [-0.2, 0) is 6.54 Å². The minimum Gasteiger partial charge on any atom is -0.497 e. The van der Waals surface area contributed by atoms with Crippen LogP contribution in [0.5, 0.6) is 5.75 Å². The Kier molecular flexibility index (Phi) is 4.58. The van der Waals surface area contributed by atoms with Crippen LogP contribution in [0.2, 0.25) is 0 Å². The molecular formula is C15H21N3O. The monoisotopic (exact) mass is 259 g/mol. The van der Waals surface area contributed by atoms with Crippen molar-refractivity contribution in [3.8, 4) is 5.75 Å². The molecule has 0 bridgehead atoms. The van der Waals surface area contributed by atoms with E-state index in [1.54, 1.807) is 7.11 Å². The van der Waals surface area contributed by atoms with Gasteiger partial charge in [-0.2, -0.15) is 0 Å². The Labute approximate surface area is 114 Å². The van der Waals surface area contributed by atoms with E-state index in [1.807, 2.05) is 24.5 Å². The largest absolute Gasteiger partial charge is 0.497 e. The van der Waals surface area contributed by atoms with E-state index in [2.05, 4.69) is 40.8 Å². The van der Waals surface area contributed by atoms with E-state index in [1.165, 1.54) is 5.56 Å². The Balaban J connectivity index is 2.33. The van der Waals surface area contributed by atoms with Gasteiger partial charge in [0, 0.05) is 18.9 Å². The highest BCUT2D eigenvalue weighted by Crippen LogP contribution is 2.23. The minimum absolute atomic E-state index is 0.117. The lowest BCUT2D eigenvalue weighted by molar-refractivity contribution is 0.414. The Bertz CT molecular complexity index is 504. The fraction of sp³-hybridized carbons (Fsp3) is 0.400. The van der Waals surface area contributed by atoms with Crippen molar-refractivity contribution < 1.29 is 4.74 Å². The van der Waals surface area contributed by atoms with Crippen LogP contribution >= 0.6 is 0 Å². The zero-order valence-electron chi connectivity index (χ0n) is 11.8. The summed E-state index contributed by atoms with van der Waals surface area (Å²) < 4.78 is 7.37. The van der Waals surface area contributed by atoms with Gasteiger partial charge in [-0.15, -0.1) is 0 Å². The van der Waals surface area contributed by atoms with Gasteiger partial charge in [-0.1, -0.05) is 19.1 Å². The lowest BCUT2D eigenvalue weighted by Crippen LogP contribution is -2.25. The van der Waals surface area contributed by atoms with Crippen LogP contribution in [0.1, 0.15) is 31.3 Å². The van der Waals surface area contributed by atoms with E-state index < -0.39 is 0 Å². The summed E-state index contributed by atoms with van der Waals surface area (Å²) in [5.41, 5.74) is 1.20. The first-order valence-electron chi connectivity index (χ1n) is 6.68. The summed E-state index contributed by atoms with van der Waals surface area (Å²) in [7, 11) is 1.68. The van der Waals surface area contributed by atoms with Gasteiger partial charge in [-0.25, -0.2) is 4.98 Å². The molecule has 0 aliphatic carbocycles.